The number of nitrogens with two attached hydrogens (primary N) is 1. The maximum absolute atomic E-state index is 12.4. The lowest BCUT2D eigenvalue weighted by Gasteiger charge is -2.57. The smallest absolute Gasteiger partial charge is 0.240 e. The lowest BCUT2D eigenvalue weighted by molar-refractivity contribution is -0.170. The Hall–Kier alpha value is -0.850. The van der Waals surface area contributed by atoms with Gasteiger partial charge in [0.05, 0.1) is 6.10 Å². The first-order chi connectivity index (χ1) is 10.7. The van der Waals surface area contributed by atoms with Crippen molar-refractivity contribution in [1.82, 2.24) is 10.2 Å². The molecule has 2 atom stereocenters. The van der Waals surface area contributed by atoms with Crippen molar-refractivity contribution in [3.63, 3.8) is 0 Å². The summed E-state index contributed by atoms with van der Waals surface area (Å²) in [6.45, 7) is 12.4. The van der Waals surface area contributed by atoms with E-state index in [1.165, 1.54) is 0 Å². The number of carbonyl (C=O) groups excluding carboxylic acids is 2. The minimum absolute atomic E-state index is 0. The van der Waals surface area contributed by atoms with E-state index >= 15 is 0 Å². The molecule has 1 fully saturated rings. The maximum Gasteiger partial charge on any atom is 0.240 e. The van der Waals surface area contributed by atoms with Crippen molar-refractivity contribution in [2.75, 3.05) is 26.2 Å². The van der Waals surface area contributed by atoms with Crippen LogP contribution in [-0.2, 0) is 14.3 Å². The van der Waals surface area contributed by atoms with Crippen LogP contribution in [0.3, 0.4) is 0 Å². The summed E-state index contributed by atoms with van der Waals surface area (Å²) < 4.78 is 5.64. The summed E-state index contributed by atoms with van der Waals surface area (Å²) in [7, 11) is 0. The Morgan fingerprint density at radius 3 is 2.29 bits per heavy atom. The van der Waals surface area contributed by atoms with E-state index in [-0.39, 0.29) is 35.7 Å². The molecule has 6 nitrogen and oxygen atoms in total. The van der Waals surface area contributed by atoms with Crippen molar-refractivity contribution in [3.05, 3.63) is 0 Å². The van der Waals surface area contributed by atoms with Gasteiger partial charge in [0.15, 0.2) is 0 Å². The van der Waals surface area contributed by atoms with E-state index in [9.17, 15) is 9.59 Å². The molecule has 1 aliphatic rings. The second-order valence-corrected chi connectivity index (χ2v) is 6.77. The zero-order valence-electron chi connectivity index (χ0n) is 15.7. The van der Waals surface area contributed by atoms with Crippen molar-refractivity contribution < 1.29 is 14.3 Å². The Morgan fingerprint density at radius 2 is 1.83 bits per heavy atom. The number of hydrogen-bond donors (Lipinski definition) is 2. The van der Waals surface area contributed by atoms with Gasteiger partial charge in [0.1, 0.15) is 5.54 Å². The molecule has 0 heterocycles. The van der Waals surface area contributed by atoms with Crippen molar-refractivity contribution in [2.24, 2.45) is 11.1 Å². The van der Waals surface area contributed by atoms with Crippen LogP contribution in [0, 0.1) is 5.41 Å². The second-order valence-electron chi connectivity index (χ2n) is 6.77. The Bertz CT molecular complexity index is 427. The lowest BCUT2D eigenvalue weighted by Crippen LogP contribution is -2.75. The number of nitrogens with zero attached hydrogens (tertiary/aromatic N) is 1. The van der Waals surface area contributed by atoms with Crippen LogP contribution >= 0.6 is 12.4 Å². The van der Waals surface area contributed by atoms with Gasteiger partial charge < -0.3 is 20.7 Å². The number of nitrogens with one attached hydrogen (secondary N) is 1. The number of amides is 2. The van der Waals surface area contributed by atoms with Crippen LogP contribution in [0.15, 0.2) is 0 Å². The van der Waals surface area contributed by atoms with E-state index in [2.05, 4.69) is 5.32 Å². The molecule has 1 aliphatic carbocycles. The molecular formula is C17H34ClN3O3. The highest BCUT2D eigenvalue weighted by molar-refractivity contribution is 5.88. The normalized spacial score (nSPS) is 24.5. The molecule has 142 valence electrons. The highest BCUT2D eigenvalue weighted by Gasteiger charge is 2.62. The third-order valence-corrected chi connectivity index (χ3v) is 5.20. The summed E-state index contributed by atoms with van der Waals surface area (Å²) in [5, 5.41) is 2.88. The Kier molecular flexibility index (Phi) is 9.25. The van der Waals surface area contributed by atoms with Gasteiger partial charge in [-0.3, -0.25) is 9.59 Å². The standard InChI is InChI=1S/C17H33N3O3.ClH/c1-6-20(7-2)14(21)10-9-11-19-15(22)17(18)12-13(23-8-3)16(17,4)5;/h13H,6-12,18H2,1-5H3,(H,19,22);1H. The Labute approximate surface area is 152 Å². The van der Waals surface area contributed by atoms with Gasteiger partial charge >= 0.3 is 0 Å². The van der Waals surface area contributed by atoms with E-state index in [0.29, 0.717) is 32.4 Å². The minimum Gasteiger partial charge on any atom is -0.378 e. The highest BCUT2D eigenvalue weighted by Crippen LogP contribution is 2.49. The van der Waals surface area contributed by atoms with Crippen LogP contribution in [0.2, 0.25) is 0 Å². The van der Waals surface area contributed by atoms with Crippen LogP contribution in [0.5, 0.6) is 0 Å². The van der Waals surface area contributed by atoms with Gasteiger partial charge in [-0.2, -0.15) is 0 Å². The first kappa shape index (κ1) is 23.1. The van der Waals surface area contributed by atoms with Crippen molar-refractivity contribution in [3.8, 4) is 0 Å². The number of carbonyl (C=O) groups is 2. The molecule has 7 heteroatoms. The minimum atomic E-state index is -0.893. The molecule has 0 spiro atoms. The molecule has 2 unspecified atom stereocenters. The van der Waals surface area contributed by atoms with Crippen LogP contribution in [-0.4, -0.2) is 54.6 Å². The zero-order chi connectivity index (χ0) is 17.7. The highest BCUT2D eigenvalue weighted by atomic mass is 35.5. The first-order valence-corrected chi connectivity index (χ1v) is 8.71. The number of rotatable bonds is 9. The lowest BCUT2D eigenvalue weighted by atomic mass is 9.54. The van der Waals surface area contributed by atoms with Gasteiger partial charge in [-0.1, -0.05) is 13.8 Å². The fourth-order valence-corrected chi connectivity index (χ4v) is 3.15. The van der Waals surface area contributed by atoms with Crippen molar-refractivity contribution in [2.45, 2.75) is 65.5 Å². The monoisotopic (exact) mass is 363 g/mol. The summed E-state index contributed by atoms with van der Waals surface area (Å²) in [5.74, 6) is -0.0131. The molecule has 0 saturated heterocycles. The fourth-order valence-electron chi connectivity index (χ4n) is 3.15. The zero-order valence-corrected chi connectivity index (χ0v) is 16.5. The van der Waals surface area contributed by atoms with Crippen LogP contribution in [0.1, 0.15) is 53.9 Å². The second kappa shape index (κ2) is 9.59. The summed E-state index contributed by atoms with van der Waals surface area (Å²) in [5.41, 5.74) is 5.03. The SMILES string of the molecule is CCOC1CC(N)(C(=O)NCCCC(=O)N(CC)CC)C1(C)C.Cl. The van der Waals surface area contributed by atoms with E-state index in [1.54, 1.807) is 4.90 Å². The average Bonchev–Trinajstić information content (AvgIpc) is 2.52. The molecule has 0 aromatic carbocycles. The van der Waals surface area contributed by atoms with Crippen LogP contribution < -0.4 is 11.1 Å². The van der Waals surface area contributed by atoms with Crippen LogP contribution in [0.25, 0.3) is 0 Å². The quantitative estimate of drug-likeness (QED) is 0.611. The first-order valence-electron chi connectivity index (χ1n) is 8.71. The number of halogens is 1. The Balaban J connectivity index is 0.00000529. The fraction of sp³-hybridized carbons (Fsp3) is 0.882. The molecule has 1 saturated carbocycles. The molecule has 0 aromatic rings. The largest absolute Gasteiger partial charge is 0.378 e. The van der Waals surface area contributed by atoms with E-state index in [4.69, 9.17) is 10.5 Å². The molecular weight excluding hydrogens is 330 g/mol. The third kappa shape index (κ3) is 4.61. The van der Waals surface area contributed by atoms with Gasteiger partial charge in [0, 0.05) is 44.5 Å². The molecule has 0 aliphatic heterocycles. The molecule has 1 rings (SSSR count). The van der Waals surface area contributed by atoms with Gasteiger partial charge in [-0.25, -0.2) is 0 Å². The topological polar surface area (TPSA) is 84.7 Å². The molecule has 0 bridgehead atoms. The summed E-state index contributed by atoms with van der Waals surface area (Å²) in [4.78, 5) is 26.1. The van der Waals surface area contributed by atoms with Gasteiger partial charge in [0.2, 0.25) is 11.8 Å². The summed E-state index contributed by atoms with van der Waals surface area (Å²) >= 11 is 0. The average molecular weight is 364 g/mol. The molecule has 0 aromatic heterocycles. The number of hydrogen-bond acceptors (Lipinski definition) is 4. The summed E-state index contributed by atoms with van der Waals surface area (Å²) in [6.07, 6.45) is 1.64. The predicted octanol–water partition coefficient (Wildman–Crippen LogP) is 1.71. The van der Waals surface area contributed by atoms with Crippen molar-refractivity contribution >= 4 is 24.2 Å². The van der Waals surface area contributed by atoms with Gasteiger partial charge in [0.25, 0.3) is 0 Å². The van der Waals surface area contributed by atoms with E-state index < -0.39 is 5.54 Å². The van der Waals surface area contributed by atoms with E-state index in [1.807, 2.05) is 34.6 Å². The Morgan fingerprint density at radius 1 is 1.25 bits per heavy atom. The van der Waals surface area contributed by atoms with Crippen LogP contribution in [0.4, 0.5) is 0 Å². The van der Waals surface area contributed by atoms with Gasteiger partial charge in [-0.05, 0) is 27.2 Å². The molecule has 24 heavy (non-hydrogen) atoms. The predicted molar refractivity (Wildman–Crippen MR) is 98.2 cm³/mol. The third-order valence-electron chi connectivity index (χ3n) is 5.20. The van der Waals surface area contributed by atoms with E-state index in [0.717, 1.165) is 13.1 Å². The molecule has 2 amide bonds. The maximum atomic E-state index is 12.4. The molecule has 0 radical (unpaired) electrons. The number of ether oxygens (including phenoxy) is 1. The van der Waals surface area contributed by atoms with Gasteiger partial charge in [-0.15, -0.1) is 12.4 Å². The summed E-state index contributed by atoms with van der Waals surface area (Å²) in [6, 6.07) is 0. The molecule has 3 N–H and O–H groups in total. The van der Waals surface area contributed by atoms with Crippen molar-refractivity contribution in [1.29, 1.82) is 0 Å².